The van der Waals surface area contributed by atoms with Crippen LogP contribution in [0, 0.1) is 5.41 Å². The van der Waals surface area contributed by atoms with Crippen molar-refractivity contribution in [2.24, 2.45) is 0 Å². The lowest BCUT2D eigenvalue weighted by Gasteiger charge is -2.31. The van der Waals surface area contributed by atoms with Crippen LogP contribution in [0.2, 0.25) is 0 Å². The molecule has 2 aromatic rings. The van der Waals surface area contributed by atoms with Crippen molar-refractivity contribution in [3.8, 4) is 5.75 Å². The number of ketones is 1. The van der Waals surface area contributed by atoms with E-state index < -0.39 is 0 Å². The van der Waals surface area contributed by atoms with Gasteiger partial charge in [-0.2, -0.15) is 0 Å². The summed E-state index contributed by atoms with van der Waals surface area (Å²) in [5, 5.41) is 11.5. The van der Waals surface area contributed by atoms with Crippen molar-refractivity contribution >= 4 is 45.9 Å². The topological polar surface area (TPSA) is 98.2 Å². The highest BCUT2D eigenvalue weighted by Gasteiger charge is 2.30. The maximum atomic E-state index is 13.6. The Bertz CT molecular complexity index is 1220. The third kappa shape index (κ3) is 5.66. The lowest BCUT2D eigenvalue weighted by Crippen LogP contribution is -2.37. The molecule has 0 atom stereocenters. The number of anilines is 2. The highest BCUT2D eigenvalue weighted by Crippen LogP contribution is 2.38. The number of halogens is 1. The fraction of sp³-hybridized carbons (Fsp3) is 0.464. The maximum Gasteiger partial charge on any atom is 0.253 e. The first-order valence-electron chi connectivity index (χ1n) is 12.6. The predicted octanol–water partition coefficient (Wildman–Crippen LogP) is 3.68. The molecule has 0 radical (unpaired) electrons. The Morgan fingerprint density at radius 1 is 1.16 bits per heavy atom. The van der Waals surface area contributed by atoms with Gasteiger partial charge in [-0.25, -0.2) is 0 Å². The summed E-state index contributed by atoms with van der Waals surface area (Å²) in [5.41, 5.74) is 5.41. The molecule has 1 amide bonds. The van der Waals surface area contributed by atoms with Crippen LogP contribution >= 0.6 is 17.0 Å². The number of hydrogen-bond acceptors (Lipinski definition) is 7. The van der Waals surface area contributed by atoms with E-state index in [9.17, 15) is 9.59 Å². The number of Topliss-reactive ketones (excluding diaryl/α,β-unsaturated/α-hetero) is 1. The number of fused-ring (bicyclic) bond motifs is 1. The molecule has 38 heavy (non-hydrogen) atoms. The molecule has 206 valence electrons. The first-order chi connectivity index (χ1) is 17.7. The molecule has 0 aromatic heterocycles. The molecular formula is C28H38BrN5O4. The fourth-order valence-corrected chi connectivity index (χ4v) is 5.01. The number of hydrogen-bond donors (Lipinski definition) is 2. The predicted molar refractivity (Wildman–Crippen MR) is 156 cm³/mol. The summed E-state index contributed by atoms with van der Waals surface area (Å²) in [7, 11) is 7.04. The van der Waals surface area contributed by atoms with Crippen molar-refractivity contribution in [3.63, 3.8) is 0 Å². The number of morpholine rings is 1. The Labute approximate surface area is 235 Å². The number of ether oxygens (including phenoxy) is 2. The highest BCUT2D eigenvalue weighted by atomic mass is 79.9. The number of nitrogens with one attached hydrogen (secondary N) is 2. The summed E-state index contributed by atoms with van der Waals surface area (Å²) in [4.78, 5) is 32.0. The van der Waals surface area contributed by atoms with E-state index in [-0.39, 0.29) is 47.0 Å². The monoisotopic (exact) mass is 587 g/mol. The summed E-state index contributed by atoms with van der Waals surface area (Å²) < 4.78 is 11.3. The van der Waals surface area contributed by atoms with E-state index in [0.717, 1.165) is 41.3 Å². The van der Waals surface area contributed by atoms with Crippen molar-refractivity contribution in [2.75, 3.05) is 70.9 Å². The van der Waals surface area contributed by atoms with Gasteiger partial charge in [-0.05, 0) is 41.3 Å². The zero-order valence-electron chi connectivity index (χ0n) is 23.0. The minimum Gasteiger partial charge on any atom is -0.494 e. The largest absolute Gasteiger partial charge is 0.494 e. The van der Waals surface area contributed by atoms with Crippen LogP contribution in [0.1, 0.15) is 57.2 Å². The number of amidine groups is 1. The van der Waals surface area contributed by atoms with Crippen molar-refractivity contribution in [1.29, 1.82) is 5.41 Å². The van der Waals surface area contributed by atoms with E-state index in [0.29, 0.717) is 36.4 Å². The normalized spacial score (nSPS) is 14.8. The number of methoxy groups -OCH3 is 1. The maximum absolute atomic E-state index is 13.6. The van der Waals surface area contributed by atoms with Crippen molar-refractivity contribution in [2.45, 2.75) is 26.3 Å². The molecule has 0 unspecified atom stereocenters. The standard InChI is InChI=1S/C28H37N5O4.BrH/c1-17(2)20-11-18(12-24(26(20)36-6)32-7-9-37-10-8-32)25(34)16-33-15-19-13-23(31(4)5)22(28(35)30-3)14-21(19)27(33)29;/h11-14,17,29H,7-10,15-16H2,1-6H3,(H,30,35);1H. The molecule has 2 aliphatic heterocycles. The molecule has 10 heteroatoms. The van der Waals surface area contributed by atoms with Gasteiger partial charge in [0.1, 0.15) is 11.6 Å². The molecule has 0 saturated carbocycles. The van der Waals surface area contributed by atoms with Gasteiger partial charge in [-0.3, -0.25) is 15.0 Å². The van der Waals surface area contributed by atoms with Crippen LogP contribution in [-0.2, 0) is 11.3 Å². The summed E-state index contributed by atoms with van der Waals surface area (Å²) >= 11 is 0. The lowest BCUT2D eigenvalue weighted by molar-refractivity contribution is 0.0955. The number of rotatable bonds is 8. The quantitative estimate of drug-likeness (QED) is 0.454. The molecule has 0 aliphatic carbocycles. The molecule has 2 N–H and O–H groups in total. The number of amides is 1. The van der Waals surface area contributed by atoms with Gasteiger partial charge in [0, 0.05) is 57.6 Å². The Morgan fingerprint density at radius 3 is 2.42 bits per heavy atom. The number of benzene rings is 2. The van der Waals surface area contributed by atoms with Crippen LogP contribution in [0.15, 0.2) is 24.3 Å². The van der Waals surface area contributed by atoms with Crippen molar-refractivity contribution in [1.82, 2.24) is 10.2 Å². The minimum atomic E-state index is -0.205. The second kappa shape index (κ2) is 12.2. The van der Waals surface area contributed by atoms with E-state index in [4.69, 9.17) is 14.9 Å². The lowest BCUT2D eigenvalue weighted by atomic mass is 9.96. The van der Waals surface area contributed by atoms with Crippen molar-refractivity contribution < 1.29 is 19.1 Å². The molecule has 9 nitrogen and oxygen atoms in total. The van der Waals surface area contributed by atoms with E-state index in [2.05, 4.69) is 24.1 Å². The van der Waals surface area contributed by atoms with Gasteiger partial charge in [0.15, 0.2) is 5.78 Å². The van der Waals surface area contributed by atoms with Gasteiger partial charge in [0.2, 0.25) is 0 Å². The molecule has 2 aliphatic rings. The van der Waals surface area contributed by atoms with Gasteiger partial charge in [-0.1, -0.05) is 13.8 Å². The Morgan fingerprint density at radius 2 is 1.84 bits per heavy atom. The number of carbonyl (C=O) groups is 2. The van der Waals surface area contributed by atoms with Crippen molar-refractivity contribution in [3.05, 3.63) is 52.1 Å². The number of carbonyl (C=O) groups excluding carboxylic acids is 2. The van der Waals surface area contributed by atoms with E-state index in [1.807, 2.05) is 37.2 Å². The molecule has 2 aromatic carbocycles. The Kier molecular flexibility index (Phi) is 9.43. The van der Waals surface area contributed by atoms with Crippen LogP contribution in [-0.4, -0.2) is 83.5 Å². The summed E-state index contributed by atoms with van der Waals surface area (Å²) in [6, 6.07) is 7.55. The summed E-state index contributed by atoms with van der Waals surface area (Å²) in [6.07, 6.45) is 0. The molecule has 0 spiro atoms. The van der Waals surface area contributed by atoms with Gasteiger partial charge in [0.25, 0.3) is 5.91 Å². The van der Waals surface area contributed by atoms with Crippen LogP contribution in [0.5, 0.6) is 5.75 Å². The first kappa shape index (κ1) is 29.4. The summed E-state index contributed by atoms with van der Waals surface area (Å²) in [5.74, 6) is 0.960. The highest BCUT2D eigenvalue weighted by molar-refractivity contribution is 8.93. The third-order valence-corrected chi connectivity index (χ3v) is 7.04. The minimum absolute atomic E-state index is 0. The zero-order chi connectivity index (χ0) is 26.9. The van der Waals surface area contributed by atoms with Gasteiger partial charge in [0.05, 0.1) is 38.1 Å². The molecule has 2 heterocycles. The molecule has 0 bridgehead atoms. The zero-order valence-corrected chi connectivity index (χ0v) is 24.7. The molecule has 1 saturated heterocycles. The van der Waals surface area contributed by atoms with E-state index in [1.165, 1.54) is 0 Å². The van der Waals surface area contributed by atoms with Crippen LogP contribution < -0.4 is 19.9 Å². The van der Waals surface area contributed by atoms with Crippen LogP contribution in [0.25, 0.3) is 0 Å². The molecular weight excluding hydrogens is 550 g/mol. The summed E-state index contributed by atoms with van der Waals surface area (Å²) in [6.45, 7) is 7.44. The average molecular weight is 589 g/mol. The van der Waals surface area contributed by atoms with E-state index in [1.54, 1.807) is 25.1 Å². The molecule has 1 fully saturated rings. The SMILES string of the molecule is Br.CNC(=O)c1cc2c(cc1N(C)C)CN(CC(=O)c1cc(C(C)C)c(OC)c(N3CCOCC3)c1)C2=N. The average Bonchev–Trinajstić information content (AvgIpc) is 3.20. The Hall–Kier alpha value is -3.11. The van der Waals surface area contributed by atoms with Gasteiger partial charge in [-0.15, -0.1) is 17.0 Å². The Balaban J connectivity index is 0.00000400. The van der Waals surface area contributed by atoms with E-state index >= 15 is 0 Å². The first-order valence-corrected chi connectivity index (χ1v) is 12.6. The second-order valence-corrected chi connectivity index (χ2v) is 10.00. The third-order valence-electron chi connectivity index (χ3n) is 7.04. The fourth-order valence-electron chi connectivity index (χ4n) is 5.01. The van der Waals surface area contributed by atoms with Gasteiger partial charge >= 0.3 is 0 Å². The second-order valence-electron chi connectivity index (χ2n) is 10.00. The van der Waals surface area contributed by atoms with Crippen LogP contribution in [0.4, 0.5) is 11.4 Å². The smallest absolute Gasteiger partial charge is 0.253 e. The van der Waals surface area contributed by atoms with Gasteiger partial charge < -0.3 is 29.5 Å². The van der Waals surface area contributed by atoms with Crippen LogP contribution in [0.3, 0.4) is 0 Å². The number of nitrogens with zero attached hydrogens (tertiary/aromatic N) is 3. The molecule has 4 rings (SSSR count).